The minimum absolute atomic E-state index is 0.00873. The average molecular weight is 349 g/mol. The summed E-state index contributed by atoms with van der Waals surface area (Å²) in [5.74, 6) is -0.803. The molecule has 0 saturated carbocycles. The number of amides is 2. The van der Waals surface area contributed by atoms with E-state index >= 15 is 0 Å². The predicted molar refractivity (Wildman–Crippen MR) is 97.4 cm³/mol. The molecule has 0 bridgehead atoms. The van der Waals surface area contributed by atoms with Gasteiger partial charge in [-0.05, 0) is 48.5 Å². The van der Waals surface area contributed by atoms with Crippen LogP contribution in [0.15, 0.2) is 54.9 Å². The number of carbonyl (C=O) groups excluding carboxylic acids is 2. The van der Waals surface area contributed by atoms with E-state index in [1.807, 2.05) is 0 Å². The van der Waals surface area contributed by atoms with Crippen LogP contribution in [0, 0.1) is 0 Å². The summed E-state index contributed by atoms with van der Waals surface area (Å²) >= 11 is 0. The molecule has 0 aliphatic carbocycles. The highest BCUT2D eigenvalue weighted by atomic mass is 16.2. The van der Waals surface area contributed by atoms with E-state index in [-0.39, 0.29) is 11.9 Å². The van der Waals surface area contributed by atoms with Crippen LogP contribution in [0.3, 0.4) is 0 Å². The van der Waals surface area contributed by atoms with Gasteiger partial charge in [-0.15, -0.1) is 0 Å². The zero-order valence-corrected chi connectivity index (χ0v) is 13.5. The fourth-order valence-corrected chi connectivity index (χ4v) is 2.03. The van der Waals surface area contributed by atoms with Gasteiger partial charge in [-0.2, -0.15) is 4.98 Å². The van der Waals surface area contributed by atoms with Crippen LogP contribution in [0.2, 0.25) is 0 Å². The van der Waals surface area contributed by atoms with E-state index in [9.17, 15) is 9.59 Å². The number of anilines is 4. The maximum absolute atomic E-state index is 12.2. The fraction of sp³-hybridized carbons (Fsp3) is 0. The number of nitrogens with two attached hydrogens (primary N) is 2. The quantitative estimate of drug-likeness (QED) is 0.522. The van der Waals surface area contributed by atoms with Gasteiger partial charge in [-0.25, -0.2) is 9.97 Å². The molecular formula is C17H15N7O2. The van der Waals surface area contributed by atoms with E-state index in [0.29, 0.717) is 22.5 Å². The van der Waals surface area contributed by atoms with Crippen LogP contribution in [0.4, 0.5) is 23.3 Å². The van der Waals surface area contributed by atoms with Crippen molar-refractivity contribution in [1.29, 1.82) is 0 Å². The lowest BCUT2D eigenvalue weighted by Crippen LogP contribution is -2.18. The summed E-state index contributed by atoms with van der Waals surface area (Å²) in [7, 11) is 0. The molecule has 0 unspecified atom stereocenters. The third-order valence-electron chi connectivity index (χ3n) is 3.37. The van der Waals surface area contributed by atoms with Gasteiger partial charge >= 0.3 is 0 Å². The molecule has 26 heavy (non-hydrogen) atoms. The lowest BCUT2D eigenvalue weighted by molar-refractivity contribution is 0.101. The Balaban J connectivity index is 1.69. The monoisotopic (exact) mass is 349 g/mol. The number of hydrogen-bond donors (Lipinski definition) is 4. The van der Waals surface area contributed by atoms with Crippen LogP contribution in [0.25, 0.3) is 0 Å². The van der Waals surface area contributed by atoms with Crippen molar-refractivity contribution in [1.82, 2.24) is 15.0 Å². The molecule has 0 aliphatic heterocycles. The van der Waals surface area contributed by atoms with Gasteiger partial charge < -0.3 is 11.5 Å². The molecule has 0 aliphatic rings. The largest absolute Gasteiger partial charge is 0.399 e. The van der Waals surface area contributed by atoms with Gasteiger partial charge in [0.1, 0.15) is 6.33 Å². The second-order valence-electron chi connectivity index (χ2n) is 5.28. The molecule has 6 N–H and O–H groups in total. The van der Waals surface area contributed by atoms with E-state index in [1.54, 1.807) is 48.5 Å². The zero-order chi connectivity index (χ0) is 18.5. The lowest BCUT2D eigenvalue weighted by atomic mass is 10.2. The smallest absolute Gasteiger partial charge is 0.258 e. The third kappa shape index (κ3) is 4.09. The Bertz CT molecular complexity index is 865. The van der Waals surface area contributed by atoms with E-state index in [0.717, 1.165) is 0 Å². The Hall–Kier alpha value is -4.01. The summed E-state index contributed by atoms with van der Waals surface area (Å²) in [5.41, 5.74) is 13.1. The molecule has 2 aromatic carbocycles. The first kappa shape index (κ1) is 16.8. The number of benzene rings is 2. The van der Waals surface area contributed by atoms with Crippen molar-refractivity contribution < 1.29 is 9.59 Å². The highest BCUT2D eigenvalue weighted by molar-refractivity contribution is 6.04. The van der Waals surface area contributed by atoms with Gasteiger partial charge in [0.05, 0.1) is 0 Å². The SMILES string of the molecule is Nc1ccc(C(=O)Nc2ncnc(NC(=O)c3ccc(N)cc3)n2)cc1. The fourth-order valence-electron chi connectivity index (χ4n) is 2.03. The molecule has 3 aromatic rings. The first-order chi connectivity index (χ1) is 12.5. The summed E-state index contributed by atoms with van der Waals surface area (Å²) in [6.07, 6.45) is 1.18. The van der Waals surface area contributed by atoms with Crippen LogP contribution >= 0.6 is 0 Å². The van der Waals surface area contributed by atoms with Crippen LogP contribution in [-0.2, 0) is 0 Å². The molecule has 0 radical (unpaired) electrons. The third-order valence-corrected chi connectivity index (χ3v) is 3.37. The van der Waals surface area contributed by atoms with Crippen molar-refractivity contribution in [3.63, 3.8) is 0 Å². The van der Waals surface area contributed by atoms with Crippen molar-refractivity contribution in [2.45, 2.75) is 0 Å². The van der Waals surface area contributed by atoms with Gasteiger partial charge in [0.25, 0.3) is 11.8 Å². The van der Waals surface area contributed by atoms with Crippen molar-refractivity contribution in [3.8, 4) is 0 Å². The molecule has 0 saturated heterocycles. The number of hydrogen-bond acceptors (Lipinski definition) is 7. The van der Waals surface area contributed by atoms with E-state index in [2.05, 4.69) is 25.6 Å². The Labute approximate surface area is 148 Å². The molecule has 9 heteroatoms. The lowest BCUT2D eigenvalue weighted by Gasteiger charge is -2.06. The zero-order valence-electron chi connectivity index (χ0n) is 13.5. The Morgan fingerprint density at radius 2 is 1.08 bits per heavy atom. The van der Waals surface area contributed by atoms with Gasteiger partial charge in [0.2, 0.25) is 11.9 Å². The van der Waals surface area contributed by atoms with E-state index in [4.69, 9.17) is 11.5 Å². The molecular weight excluding hydrogens is 334 g/mol. The summed E-state index contributed by atoms with van der Waals surface area (Å²) < 4.78 is 0. The second kappa shape index (κ2) is 7.26. The molecule has 0 fully saturated rings. The molecule has 2 amide bonds. The van der Waals surface area contributed by atoms with E-state index in [1.165, 1.54) is 6.33 Å². The topological polar surface area (TPSA) is 149 Å². The second-order valence-corrected chi connectivity index (χ2v) is 5.28. The maximum atomic E-state index is 12.2. The summed E-state index contributed by atoms with van der Waals surface area (Å²) in [5, 5.41) is 5.06. The number of nitrogen functional groups attached to an aromatic ring is 2. The van der Waals surface area contributed by atoms with Crippen LogP contribution in [0.1, 0.15) is 20.7 Å². The minimum atomic E-state index is -0.410. The molecule has 1 heterocycles. The molecule has 0 spiro atoms. The molecule has 3 rings (SSSR count). The first-order valence-electron chi connectivity index (χ1n) is 7.54. The summed E-state index contributed by atoms with van der Waals surface area (Å²) in [4.78, 5) is 36.1. The standard InChI is InChI=1S/C17H15N7O2/c18-12-5-1-10(2-6-12)14(25)22-16-20-9-21-17(24-16)23-15(26)11-3-7-13(19)8-4-11/h1-9H,18-19H2,(H2,20,21,22,23,24,25,26). The average Bonchev–Trinajstić information content (AvgIpc) is 2.63. The van der Waals surface area contributed by atoms with Crippen molar-refractivity contribution in [3.05, 3.63) is 66.0 Å². The van der Waals surface area contributed by atoms with Crippen LogP contribution in [0.5, 0.6) is 0 Å². The Morgan fingerprint density at radius 1 is 0.692 bits per heavy atom. The number of aromatic nitrogens is 3. The van der Waals surface area contributed by atoms with Crippen molar-refractivity contribution >= 4 is 35.1 Å². The Morgan fingerprint density at radius 3 is 1.46 bits per heavy atom. The minimum Gasteiger partial charge on any atom is -0.399 e. The van der Waals surface area contributed by atoms with Crippen LogP contribution in [-0.4, -0.2) is 26.8 Å². The molecule has 130 valence electrons. The van der Waals surface area contributed by atoms with Crippen LogP contribution < -0.4 is 22.1 Å². The highest BCUT2D eigenvalue weighted by Gasteiger charge is 2.11. The molecule has 9 nitrogen and oxygen atoms in total. The van der Waals surface area contributed by atoms with Gasteiger partial charge in [-0.3, -0.25) is 20.2 Å². The van der Waals surface area contributed by atoms with E-state index < -0.39 is 11.8 Å². The first-order valence-corrected chi connectivity index (χ1v) is 7.54. The summed E-state index contributed by atoms with van der Waals surface area (Å²) in [6, 6.07) is 12.8. The number of rotatable bonds is 4. The molecule has 1 aromatic heterocycles. The Kier molecular flexibility index (Phi) is 4.70. The normalized spacial score (nSPS) is 10.2. The molecule has 0 atom stereocenters. The highest BCUT2D eigenvalue weighted by Crippen LogP contribution is 2.10. The van der Waals surface area contributed by atoms with Crippen molar-refractivity contribution in [2.75, 3.05) is 22.1 Å². The maximum Gasteiger partial charge on any atom is 0.258 e. The van der Waals surface area contributed by atoms with Gasteiger partial charge in [0, 0.05) is 22.5 Å². The predicted octanol–water partition coefficient (Wildman–Crippen LogP) is 1.54. The number of carbonyl (C=O) groups is 2. The number of nitrogens with zero attached hydrogens (tertiary/aromatic N) is 3. The van der Waals surface area contributed by atoms with Gasteiger partial charge in [0.15, 0.2) is 0 Å². The summed E-state index contributed by atoms with van der Waals surface area (Å²) in [6.45, 7) is 0. The number of nitrogens with one attached hydrogen (secondary N) is 2. The van der Waals surface area contributed by atoms with Gasteiger partial charge in [-0.1, -0.05) is 0 Å². The van der Waals surface area contributed by atoms with Crippen molar-refractivity contribution in [2.24, 2.45) is 0 Å².